The highest BCUT2D eigenvalue weighted by Gasteiger charge is 2.32. The fourth-order valence-electron chi connectivity index (χ4n) is 1.91. The minimum atomic E-state index is -4.56. The molecule has 3 N–H and O–H groups in total. The van der Waals surface area contributed by atoms with Crippen molar-refractivity contribution in [3.8, 4) is 0 Å². The average Bonchev–Trinajstić information content (AvgIpc) is 2.19. The molecule has 108 valence electrons. The van der Waals surface area contributed by atoms with Gasteiger partial charge in [0, 0.05) is 18.1 Å². The quantitative estimate of drug-likeness (QED) is 0.706. The molecule has 5 nitrogen and oxygen atoms in total. The number of piperidine rings is 1. The van der Waals surface area contributed by atoms with Crippen LogP contribution in [-0.4, -0.2) is 39.3 Å². The lowest BCUT2D eigenvalue weighted by Gasteiger charge is -2.34. The second-order valence-electron chi connectivity index (χ2n) is 4.60. The molecule has 1 fully saturated rings. The molecule has 1 aliphatic rings. The van der Waals surface area contributed by atoms with Crippen LogP contribution in [0.25, 0.3) is 0 Å². The van der Waals surface area contributed by atoms with Crippen LogP contribution in [0.5, 0.6) is 0 Å². The minimum absolute atomic E-state index is 0.115. The van der Waals surface area contributed by atoms with Crippen LogP contribution < -0.4 is 14.8 Å². The first-order valence-corrected chi connectivity index (χ1v) is 7.17. The molecule has 1 heterocycles. The van der Waals surface area contributed by atoms with Gasteiger partial charge < -0.3 is 5.32 Å². The van der Waals surface area contributed by atoms with Crippen molar-refractivity contribution in [2.24, 2.45) is 0 Å². The van der Waals surface area contributed by atoms with Gasteiger partial charge in [0.1, 0.15) is 6.54 Å². The molecule has 0 radical (unpaired) electrons. The lowest BCUT2D eigenvalue weighted by molar-refractivity contribution is -0.121. The van der Waals surface area contributed by atoms with Gasteiger partial charge in [-0.3, -0.25) is 0 Å². The molecule has 0 aromatic rings. The molecular formula is C9H18F3N3O2S. The first-order valence-electron chi connectivity index (χ1n) is 5.69. The number of nitrogens with one attached hydrogen (secondary N) is 3. The summed E-state index contributed by atoms with van der Waals surface area (Å²) in [6, 6.07) is -0.230. The molecule has 18 heavy (non-hydrogen) atoms. The third-order valence-electron chi connectivity index (χ3n) is 2.83. The van der Waals surface area contributed by atoms with E-state index < -0.39 is 29.0 Å². The van der Waals surface area contributed by atoms with Gasteiger partial charge in [0.2, 0.25) is 0 Å². The van der Waals surface area contributed by atoms with Gasteiger partial charge in [0.15, 0.2) is 0 Å². The van der Waals surface area contributed by atoms with Gasteiger partial charge in [-0.05, 0) is 26.7 Å². The van der Waals surface area contributed by atoms with Gasteiger partial charge in [-0.15, -0.1) is 0 Å². The second kappa shape index (κ2) is 5.72. The molecule has 3 unspecified atom stereocenters. The van der Waals surface area contributed by atoms with E-state index in [1.54, 1.807) is 6.92 Å². The largest absolute Gasteiger partial charge is 0.402 e. The van der Waals surface area contributed by atoms with Gasteiger partial charge in [0.25, 0.3) is 10.2 Å². The third kappa shape index (κ3) is 5.51. The van der Waals surface area contributed by atoms with Gasteiger partial charge in [-0.25, -0.2) is 0 Å². The van der Waals surface area contributed by atoms with Crippen LogP contribution in [0.1, 0.15) is 26.7 Å². The van der Waals surface area contributed by atoms with Crippen LogP contribution in [0.4, 0.5) is 13.2 Å². The molecule has 0 saturated carbocycles. The molecule has 0 aliphatic carbocycles. The summed E-state index contributed by atoms with van der Waals surface area (Å²) in [5.74, 6) is 0. The smallest absolute Gasteiger partial charge is 0.310 e. The zero-order valence-electron chi connectivity index (χ0n) is 10.2. The Bertz CT molecular complexity index is 372. The summed E-state index contributed by atoms with van der Waals surface area (Å²) >= 11 is 0. The third-order valence-corrected chi connectivity index (χ3v) is 3.97. The van der Waals surface area contributed by atoms with Crippen LogP contribution >= 0.6 is 0 Å². The highest BCUT2D eigenvalue weighted by Crippen LogP contribution is 2.15. The molecule has 0 aromatic carbocycles. The van der Waals surface area contributed by atoms with Gasteiger partial charge in [-0.1, -0.05) is 0 Å². The highest BCUT2D eigenvalue weighted by molar-refractivity contribution is 7.87. The average molecular weight is 289 g/mol. The zero-order chi connectivity index (χ0) is 14.0. The van der Waals surface area contributed by atoms with Crippen LogP contribution in [0.3, 0.4) is 0 Å². The molecular weight excluding hydrogens is 271 g/mol. The molecule has 0 amide bonds. The maximum atomic E-state index is 11.9. The molecule has 1 saturated heterocycles. The lowest BCUT2D eigenvalue weighted by atomic mass is 9.96. The Kier molecular flexibility index (Phi) is 4.98. The van der Waals surface area contributed by atoms with E-state index in [4.69, 9.17) is 0 Å². The number of hydrogen-bond acceptors (Lipinski definition) is 3. The van der Waals surface area contributed by atoms with Crippen molar-refractivity contribution in [1.29, 1.82) is 0 Å². The predicted molar refractivity (Wildman–Crippen MR) is 61.2 cm³/mol. The van der Waals surface area contributed by atoms with E-state index >= 15 is 0 Å². The fourth-order valence-corrected chi connectivity index (χ4v) is 3.06. The van der Waals surface area contributed by atoms with Crippen LogP contribution in [0.15, 0.2) is 0 Å². The van der Waals surface area contributed by atoms with Crippen molar-refractivity contribution in [3.05, 3.63) is 0 Å². The molecule has 3 atom stereocenters. The number of alkyl halides is 3. The Labute approximate surface area is 105 Å². The summed E-state index contributed by atoms with van der Waals surface area (Å²) in [6.07, 6.45) is -3.18. The topological polar surface area (TPSA) is 70.2 Å². The summed E-state index contributed by atoms with van der Waals surface area (Å²) in [5.41, 5.74) is 0. The first kappa shape index (κ1) is 15.7. The molecule has 0 aromatic heterocycles. The van der Waals surface area contributed by atoms with E-state index in [9.17, 15) is 21.6 Å². The predicted octanol–water partition coefficient (Wildman–Crippen LogP) is 0.502. The van der Waals surface area contributed by atoms with E-state index in [2.05, 4.69) is 10.0 Å². The van der Waals surface area contributed by atoms with E-state index in [1.165, 1.54) is 4.72 Å². The lowest BCUT2D eigenvalue weighted by Crippen LogP contribution is -2.57. The SMILES string of the molecule is CC1CCC(NS(=O)(=O)NCC(F)(F)F)C(C)N1. The standard InChI is InChI=1S/C9H18F3N3O2S/c1-6-3-4-8(7(2)14-6)15-18(16,17)13-5-9(10,11)12/h6-8,13-15H,3-5H2,1-2H3. The number of halogens is 3. The van der Waals surface area contributed by atoms with Gasteiger partial charge in [0.05, 0.1) is 0 Å². The van der Waals surface area contributed by atoms with Gasteiger partial charge >= 0.3 is 6.18 Å². The number of hydrogen-bond donors (Lipinski definition) is 3. The minimum Gasteiger partial charge on any atom is -0.310 e. The van der Waals surface area contributed by atoms with Crippen molar-refractivity contribution >= 4 is 10.2 Å². The van der Waals surface area contributed by atoms with Gasteiger partial charge in [-0.2, -0.15) is 31.0 Å². The Hall–Kier alpha value is -0.380. The normalized spacial score (nSPS) is 30.4. The Morgan fingerprint density at radius 3 is 2.39 bits per heavy atom. The fraction of sp³-hybridized carbons (Fsp3) is 1.00. The molecule has 9 heteroatoms. The molecule has 1 rings (SSSR count). The van der Waals surface area contributed by atoms with E-state index in [1.807, 2.05) is 6.92 Å². The van der Waals surface area contributed by atoms with E-state index in [-0.39, 0.29) is 12.1 Å². The van der Waals surface area contributed by atoms with Crippen molar-refractivity contribution < 1.29 is 21.6 Å². The van der Waals surface area contributed by atoms with Crippen LogP contribution in [0.2, 0.25) is 0 Å². The summed E-state index contributed by atoms with van der Waals surface area (Å²) in [7, 11) is -4.12. The van der Waals surface area contributed by atoms with Crippen molar-refractivity contribution in [3.63, 3.8) is 0 Å². The maximum absolute atomic E-state index is 11.9. The summed E-state index contributed by atoms with van der Waals surface area (Å²) in [5, 5.41) is 3.15. The highest BCUT2D eigenvalue weighted by atomic mass is 32.2. The maximum Gasteiger partial charge on any atom is 0.402 e. The Morgan fingerprint density at radius 1 is 1.28 bits per heavy atom. The molecule has 0 spiro atoms. The first-order chi connectivity index (χ1) is 8.09. The Morgan fingerprint density at radius 2 is 1.89 bits per heavy atom. The number of rotatable bonds is 4. The molecule has 1 aliphatic heterocycles. The Balaban J connectivity index is 2.50. The zero-order valence-corrected chi connectivity index (χ0v) is 11.0. The van der Waals surface area contributed by atoms with Crippen molar-refractivity contribution in [1.82, 2.24) is 14.8 Å². The van der Waals surface area contributed by atoms with E-state index in [0.717, 1.165) is 6.42 Å². The van der Waals surface area contributed by atoms with Crippen molar-refractivity contribution in [2.75, 3.05) is 6.54 Å². The van der Waals surface area contributed by atoms with Crippen LogP contribution in [0, 0.1) is 0 Å². The summed E-state index contributed by atoms with van der Waals surface area (Å²) in [4.78, 5) is 0. The molecule has 0 bridgehead atoms. The van der Waals surface area contributed by atoms with Crippen LogP contribution in [-0.2, 0) is 10.2 Å². The summed E-state index contributed by atoms with van der Waals surface area (Å²) in [6.45, 7) is 2.21. The monoisotopic (exact) mass is 289 g/mol. The van der Waals surface area contributed by atoms with Crippen molar-refractivity contribution in [2.45, 2.75) is 51.0 Å². The van der Waals surface area contributed by atoms with E-state index in [0.29, 0.717) is 6.42 Å². The summed E-state index contributed by atoms with van der Waals surface area (Å²) < 4.78 is 62.3. The second-order valence-corrected chi connectivity index (χ2v) is 6.13.